The normalized spacial score (nSPS) is 15.9. The minimum Gasteiger partial charge on any atom is -0.363 e. The lowest BCUT2D eigenvalue weighted by atomic mass is 10.1. The molecule has 1 heterocycles. The van der Waals surface area contributed by atoms with Crippen LogP contribution in [0.1, 0.15) is 18.5 Å². The number of nitrogens with zero attached hydrogens (tertiary/aromatic N) is 3. The zero-order valence-electron chi connectivity index (χ0n) is 15.7. The molecule has 1 atom stereocenters. The van der Waals surface area contributed by atoms with E-state index in [0.29, 0.717) is 43.4 Å². The number of anilines is 1. The molecule has 0 bridgehead atoms. The summed E-state index contributed by atoms with van der Waals surface area (Å²) in [4.78, 5) is 27.3. The van der Waals surface area contributed by atoms with Crippen LogP contribution in [0.25, 0.3) is 0 Å². The number of hydrogen-bond donors (Lipinski definition) is 1. The molecular weight excluding hydrogens is 380 g/mol. The quantitative estimate of drug-likeness (QED) is 0.592. The lowest BCUT2D eigenvalue weighted by Crippen LogP contribution is -2.49. The standard InChI is InChI=1S/C20H23ClN4O3/c1-15(16-6-2-3-7-17(16)21)22-20(26)14-23-10-12-24(13-11-23)18-8-4-5-9-19(18)25(27)28/h2-9,15H,10-14H2,1H3,(H,22,26). The van der Waals surface area contributed by atoms with Gasteiger partial charge in [0.1, 0.15) is 5.69 Å². The minimum atomic E-state index is -0.356. The van der Waals surface area contributed by atoms with Gasteiger partial charge in [-0.1, -0.05) is 41.9 Å². The Labute approximate surface area is 169 Å². The smallest absolute Gasteiger partial charge is 0.292 e. The highest BCUT2D eigenvalue weighted by atomic mass is 35.5. The van der Waals surface area contributed by atoms with E-state index in [-0.39, 0.29) is 22.6 Å². The van der Waals surface area contributed by atoms with Gasteiger partial charge in [0, 0.05) is 37.3 Å². The molecule has 1 amide bonds. The summed E-state index contributed by atoms with van der Waals surface area (Å²) in [5.74, 6) is -0.0634. The molecule has 1 saturated heterocycles. The molecule has 3 rings (SSSR count). The Hall–Kier alpha value is -2.64. The van der Waals surface area contributed by atoms with Crippen LogP contribution >= 0.6 is 11.6 Å². The second-order valence-electron chi connectivity index (χ2n) is 6.82. The van der Waals surface area contributed by atoms with Crippen molar-refractivity contribution < 1.29 is 9.72 Å². The summed E-state index contributed by atoms with van der Waals surface area (Å²) in [7, 11) is 0. The number of nitro groups is 1. The molecule has 1 aliphatic heterocycles. The van der Waals surface area contributed by atoms with E-state index in [0.717, 1.165) is 5.56 Å². The van der Waals surface area contributed by atoms with E-state index in [1.54, 1.807) is 18.2 Å². The predicted molar refractivity (Wildman–Crippen MR) is 110 cm³/mol. The zero-order valence-corrected chi connectivity index (χ0v) is 16.4. The summed E-state index contributed by atoms with van der Waals surface area (Å²) in [5, 5.41) is 14.8. The monoisotopic (exact) mass is 402 g/mol. The number of carbonyl (C=O) groups excluding carboxylic acids is 1. The largest absolute Gasteiger partial charge is 0.363 e. The number of hydrogen-bond acceptors (Lipinski definition) is 5. The molecule has 2 aromatic carbocycles. The van der Waals surface area contributed by atoms with Gasteiger partial charge in [0.25, 0.3) is 5.69 Å². The van der Waals surface area contributed by atoms with Gasteiger partial charge in [-0.3, -0.25) is 19.8 Å². The summed E-state index contributed by atoms with van der Waals surface area (Å²) in [6, 6.07) is 14.1. The number of para-hydroxylation sites is 2. The maximum Gasteiger partial charge on any atom is 0.292 e. The molecule has 8 heteroatoms. The van der Waals surface area contributed by atoms with Gasteiger partial charge in [0.15, 0.2) is 0 Å². The fourth-order valence-electron chi connectivity index (χ4n) is 3.43. The first-order valence-electron chi connectivity index (χ1n) is 9.20. The highest BCUT2D eigenvalue weighted by molar-refractivity contribution is 6.31. The predicted octanol–water partition coefficient (Wildman–Crippen LogP) is 3.25. The van der Waals surface area contributed by atoms with Gasteiger partial charge in [0.2, 0.25) is 5.91 Å². The van der Waals surface area contributed by atoms with Crippen LogP contribution in [-0.4, -0.2) is 48.5 Å². The molecule has 7 nitrogen and oxygen atoms in total. The Morgan fingerprint density at radius 3 is 2.46 bits per heavy atom. The Bertz CT molecular complexity index is 853. The fourth-order valence-corrected chi connectivity index (χ4v) is 3.73. The molecule has 0 spiro atoms. The molecule has 1 N–H and O–H groups in total. The first-order valence-corrected chi connectivity index (χ1v) is 9.58. The van der Waals surface area contributed by atoms with Crippen LogP contribution in [0.2, 0.25) is 5.02 Å². The number of halogens is 1. The van der Waals surface area contributed by atoms with Crippen molar-refractivity contribution in [3.05, 3.63) is 69.2 Å². The van der Waals surface area contributed by atoms with Gasteiger partial charge in [-0.25, -0.2) is 0 Å². The van der Waals surface area contributed by atoms with Crippen LogP contribution in [0, 0.1) is 10.1 Å². The molecule has 148 valence electrons. The van der Waals surface area contributed by atoms with Gasteiger partial charge in [0.05, 0.1) is 17.5 Å². The SMILES string of the molecule is CC(NC(=O)CN1CCN(c2ccccc2[N+](=O)[O-])CC1)c1ccccc1Cl. The van der Waals surface area contributed by atoms with Gasteiger partial charge in [-0.05, 0) is 24.6 Å². The van der Waals surface area contributed by atoms with Gasteiger partial charge in [-0.15, -0.1) is 0 Å². The van der Waals surface area contributed by atoms with E-state index in [9.17, 15) is 14.9 Å². The highest BCUT2D eigenvalue weighted by Gasteiger charge is 2.24. The minimum absolute atomic E-state index is 0.0634. The first kappa shape index (κ1) is 20.1. The van der Waals surface area contributed by atoms with Crippen molar-refractivity contribution in [3.63, 3.8) is 0 Å². The van der Waals surface area contributed by atoms with Crippen molar-refractivity contribution in [2.24, 2.45) is 0 Å². The second-order valence-corrected chi connectivity index (χ2v) is 7.23. The fraction of sp³-hybridized carbons (Fsp3) is 0.350. The van der Waals surface area contributed by atoms with E-state index < -0.39 is 0 Å². The van der Waals surface area contributed by atoms with Gasteiger partial charge < -0.3 is 10.2 Å². The van der Waals surface area contributed by atoms with Crippen molar-refractivity contribution in [2.75, 3.05) is 37.6 Å². The van der Waals surface area contributed by atoms with E-state index in [1.807, 2.05) is 36.1 Å². The first-order chi connectivity index (χ1) is 13.5. The van der Waals surface area contributed by atoms with E-state index in [4.69, 9.17) is 11.6 Å². The summed E-state index contributed by atoms with van der Waals surface area (Å²) in [6.45, 7) is 4.81. The van der Waals surface area contributed by atoms with Crippen molar-refractivity contribution >= 4 is 28.9 Å². The summed E-state index contributed by atoms with van der Waals surface area (Å²) < 4.78 is 0. The van der Waals surface area contributed by atoms with Crippen LogP contribution in [0.15, 0.2) is 48.5 Å². The average Bonchev–Trinajstić information content (AvgIpc) is 2.68. The highest BCUT2D eigenvalue weighted by Crippen LogP contribution is 2.28. The van der Waals surface area contributed by atoms with Crippen molar-refractivity contribution in [2.45, 2.75) is 13.0 Å². The van der Waals surface area contributed by atoms with Crippen LogP contribution in [-0.2, 0) is 4.79 Å². The number of benzene rings is 2. The molecule has 28 heavy (non-hydrogen) atoms. The number of nitro benzene ring substituents is 1. The molecule has 0 aliphatic carbocycles. The van der Waals surface area contributed by atoms with Crippen LogP contribution in [0.3, 0.4) is 0 Å². The topological polar surface area (TPSA) is 78.7 Å². The zero-order chi connectivity index (χ0) is 20.1. The van der Waals surface area contributed by atoms with Crippen LogP contribution < -0.4 is 10.2 Å². The maximum absolute atomic E-state index is 12.4. The number of amides is 1. The van der Waals surface area contributed by atoms with E-state index >= 15 is 0 Å². The molecule has 0 radical (unpaired) electrons. The van der Waals surface area contributed by atoms with Gasteiger partial charge in [-0.2, -0.15) is 0 Å². The molecule has 0 saturated carbocycles. The Kier molecular flexibility index (Phi) is 6.49. The number of rotatable bonds is 6. The van der Waals surface area contributed by atoms with Crippen LogP contribution in [0.4, 0.5) is 11.4 Å². The third kappa shape index (κ3) is 4.79. The third-order valence-electron chi connectivity index (χ3n) is 4.91. The summed E-state index contributed by atoms with van der Waals surface area (Å²) in [6.07, 6.45) is 0. The van der Waals surface area contributed by atoms with E-state index in [2.05, 4.69) is 10.2 Å². The summed E-state index contributed by atoms with van der Waals surface area (Å²) >= 11 is 6.19. The second kappa shape index (κ2) is 9.03. The lowest BCUT2D eigenvalue weighted by molar-refractivity contribution is -0.384. The lowest BCUT2D eigenvalue weighted by Gasteiger charge is -2.35. The van der Waals surface area contributed by atoms with E-state index in [1.165, 1.54) is 6.07 Å². The molecule has 0 aromatic heterocycles. The molecule has 2 aromatic rings. The molecular formula is C20H23ClN4O3. The Balaban J connectivity index is 1.52. The summed E-state index contributed by atoms with van der Waals surface area (Å²) in [5.41, 5.74) is 1.63. The average molecular weight is 403 g/mol. The Morgan fingerprint density at radius 2 is 1.79 bits per heavy atom. The van der Waals surface area contributed by atoms with Crippen molar-refractivity contribution in [1.29, 1.82) is 0 Å². The molecule has 1 aliphatic rings. The third-order valence-corrected chi connectivity index (χ3v) is 5.25. The maximum atomic E-state index is 12.4. The number of nitrogens with one attached hydrogen (secondary N) is 1. The number of piperazine rings is 1. The van der Waals surface area contributed by atoms with Crippen LogP contribution in [0.5, 0.6) is 0 Å². The number of carbonyl (C=O) groups is 1. The van der Waals surface area contributed by atoms with Gasteiger partial charge >= 0.3 is 0 Å². The molecule has 1 fully saturated rings. The van der Waals surface area contributed by atoms with Crippen molar-refractivity contribution in [3.8, 4) is 0 Å². The van der Waals surface area contributed by atoms with Crippen molar-refractivity contribution in [1.82, 2.24) is 10.2 Å². The Morgan fingerprint density at radius 1 is 1.14 bits per heavy atom. The molecule has 1 unspecified atom stereocenters.